The van der Waals surface area contributed by atoms with E-state index in [1.807, 2.05) is 24.1 Å². The smallest absolute Gasteiger partial charge is 0.255 e. The molecule has 0 radical (unpaired) electrons. The summed E-state index contributed by atoms with van der Waals surface area (Å²) in [5.74, 6) is 0.759. The Morgan fingerprint density at radius 3 is 3.06 bits per heavy atom. The third-order valence-electron chi connectivity index (χ3n) is 3.64. The zero-order valence-electron chi connectivity index (χ0n) is 10.4. The largest absolute Gasteiger partial charge is 0.341 e. The zero-order valence-corrected chi connectivity index (χ0v) is 10.4. The van der Waals surface area contributed by atoms with Crippen LogP contribution in [0.15, 0.2) is 24.7 Å². The van der Waals surface area contributed by atoms with E-state index in [0.29, 0.717) is 11.5 Å². The summed E-state index contributed by atoms with van der Waals surface area (Å²) in [4.78, 5) is 14.1. The number of fused-ring (bicyclic) bond motifs is 1. The summed E-state index contributed by atoms with van der Waals surface area (Å²) in [6.07, 6.45) is 7.20. The van der Waals surface area contributed by atoms with Crippen LogP contribution in [0.1, 0.15) is 29.6 Å². The molecule has 0 aromatic carbocycles. The van der Waals surface area contributed by atoms with Gasteiger partial charge in [-0.15, -0.1) is 10.2 Å². The maximum atomic E-state index is 12.3. The first-order chi connectivity index (χ1) is 8.74. The normalized spacial score (nSPS) is 15.6. The summed E-state index contributed by atoms with van der Waals surface area (Å²) in [7, 11) is 1.87. The van der Waals surface area contributed by atoms with Crippen LogP contribution >= 0.6 is 0 Å². The minimum atomic E-state index is 0.0671. The van der Waals surface area contributed by atoms with E-state index in [9.17, 15) is 4.79 Å². The third-order valence-corrected chi connectivity index (χ3v) is 3.64. The summed E-state index contributed by atoms with van der Waals surface area (Å²) in [5, 5.41) is 7.73. The van der Waals surface area contributed by atoms with E-state index in [2.05, 4.69) is 10.2 Å². The molecule has 1 saturated carbocycles. The molecule has 0 N–H and O–H groups in total. The fraction of sp³-hybridized carbons (Fsp3) is 0.462. The molecule has 0 aliphatic heterocycles. The van der Waals surface area contributed by atoms with E-state index in [1.54, 1.807) is 16.9 Å². The molecular formula is C13H16N4O. The van der Waals surface area contributed by atoms with E-state index in [0.717, 1.165) is 12.2 Å². The van der Waals surface area contributed by atoms with Crippen LogP contribution in [0, 0.1) is 5.92 Å². The highest BCUT2D eigenvalue weighted by Gasteiger charge is 2.22. The first-order valence-corrected chi connectivity index (χ1v) is 6.29. The predicted octanol–water partition coefficient (Wildman–Crippen LogP) is 1.60. The Bertz CT molecular complexity index is 573. The van der Waals surface area contributed by atoms with Crippen LogP contribution in [0.3, 0.4) is 0 Å². The Labute approximate surface area is 105 Å². The molecule has 5 heteroatoms. The van der Waals surface area contributed by atoms with Gasteiger partial charge in [0.2, 0.25) is 0 Å². The number of pyridine rings is 1. The van der Waals surface area contributed by atoms with Gasteiger partial charge in [0.15, 0.2) is 5.65 Å². The molecule has 5 nitrogen and oxygen atoms in total. The number of hydrogen-bond donors (Lipinski definition) is 0. The number of hydrogen-bond acceptors (Lipinski definition) is 3. The lowest BCUT2D eigenvalue weighted by Gasteiger charge is -2.30. The molecule has 3 rings (SSSR count). The summed E-state index contributed by atoms with van der Waals surface area (Å²) >= 11 is 0. The number of amides is 1. The molecule has 94 valence electrons. The first kappa shape index (κ1) is 11.2. The Balaban J connectivity index is 1.77. The maximum Gasteiger partial charge on any atom is 0.255 e. The molecule has 1 fully saturated rings. The average molecular weight is 244 g/mol. The van der Waals surface area contributed by atoms with E-state index in [-0.39, 0.29) is 5.91 Å². The van der Waals surface area contributed by atoms with Crippen molar-refractivity contribution in [2.24, 2.45) is 5.92 Å². The maximum absolute atomic E-state index is 12.3. The van der Waals surface area contributed by atoms with Gasteiger partial charge in [0, 0.05) is 19.8 Å². The van der Waals surface area contributed by atoms with Gasteiger partial charge in [0.25, 0.3) is 5.91 Å². The van der Waals surface area contributed by atoms with Crippen LogP contribution in [0.4, 0.5) is 0 Å². The highest BCUT2D eigenvalue weighted by Crippen LogP contribution is 2.27. The second kappa shape index (κ2) is 4.40. The van der Waals surface area contributed by atoms with Gasteiger partial charge < -0.3 is 4.90 Å². The van der Waals surface area contributed by atoms with Gasteiger partial charge in [-0.1, -0.05) is 6.42 Å². The fourth-order valence-electron chi connectivity index (χ4n) is 2.32. The van der Waals surface area contributed by atoms with Crippen LogP contribution in [-0.2, 0) is 0 Å². The summed E-state index contributed by atoms with van der Waals surface area (Å²) in [6, 6.07) is 3.63. The number of carbonyl (C=O) groups is 1. The third kappa shape index (κ3) is 1.96. The van der Waals surface area contributed by atoms with E-state index < -0.39 is 0 Å². The Morgan fingerprint density at radius 2 is 2.33 bits per heavy atom. The molecule has 0 atom stereocenters. The van der Waals surface area contributed by atoms with Crippen molar-refractivity contribution in [2.45, 2.75) is 19.3 Å². The molecule has 1 amide bonds. The number of rotatable bonds is 3. The highest BCUT2D eigenvalue weighted by molar-refractivity contribution is 5.94. The lowest BCUT2D eigenvalue weighted by Crippen LogP contribution is -2.34. The minimum absolute atomic E-state index is 0.0671. The zero-order chi connectivity index (χ0) is 12.5. The van der Waals surface area contributed by atoms with E-state index in [1.165, 1.54) is 19.3 Å². The lowest BCUT2D eigenvalue weighted by atomic mass is 9.85. The van der Waals surface area contributed by atoms with Gasteiger partial charge in [-0.3, -0.25) is 9.20 Å². The van der Waals surface area contributed by atoms with Crippen molar-refractivity contribution in [3.63, 3.8) is 0 Å². The minimum Gasteiger partial charge on any atom is -0.341 e. The molecule has 0 spiro atoms. The van der Waals surface area contributed by atoms with Crippen LogP contribution in [0.25, 0.3) is 5.65 Å². The van der Waals surface area contributed by atoms with Gasteiger partial charge >= 0.3 is 0 Å². The van der Waals surface area contributed by atoms with Crippen molar-refractivity contribution in [2.75, 3.05) is 13.6 Å². The Kier molecular flexibility index (Phi) is 2.74. The molecule has 0 saturated heterocycles. The summed E-state index contributed by atoms with van der Waals surface area (Å²) in [6.45, 7) is 0.860. The van der Waals surface area contributed by atoms with Gasteiger partial charge in [0.05, 0.1) is 5.56 Å². The molecular weight excluding hydrogens is 228 g/mol. The highest BCUT2D eigenvalue weighted by atomic mass is 16.2. The van der Waals surface area contributed by atoms with Crippen molar-refractivity contribution in [1.29, 1.82) is 0 Å². The first-order valence-electron chi connectivity index (χ1n) is 6.29. The van der Waals surface area contributed by atoms with Crippen LogP contribution in [0.2, 0.25) is 0 Å². The molecule has 18 heavy (non-hydrogen) atoms. The second-order valence-electron chi connectivity index (χ2n) is 5.00. The SMILES string of the molecule is CN(CC1CCC1)C(=O)c1ccc2nncn2c1. The topological polar surface area (TPSA) is 50.5 Å². The van der Waals surface area contributed by atoms with Crippen molar-refractivity contribution >= 4 is 11.6 Å². The van der Waals surface area contributed by atoms with Crippen molar-refractivity contribution < 1.29 is 4.79 Å². The lowest BCUT2D eigenvalue weighted by molar-refractivity contribution is 0.0744. The van der Waals surface area contributed by atoms with Gasteiger partial charge in [-0.2, -0.15) is 0 Å². The predicted molar refractivity (Wildman–Crippen MR) is 67.3 cm³/mol. The van der Waals surface area contributed by atoms with Crippen molar-refractivity contribution in [3.8, 4) is 0 Å². The van der Waals surface area contributed by atoms with E-state index in [4.69, 9.17) is 0 Å². The molecule has 2 heterocycles. The molecule has 0 bridgehead atoms. The van der Waals surface area contributed by atoms with Gasteiger partial charge in [0.1, 0.15) is 6.33 Å². The number of aromatic nitrogens is 3. The van der Waals surface area contributed by atoms with Crippen molar-refractivity contribution in [3.05, 3.63) is 30.2 Å². The van der Waals surface area contributed by atoms with Gasteiger partial charge in [-0.25, -0.2) is 0 Å². The van der Waals surface area contributed by atoms with Crippen molar-refractivity contribution in [1.82, 2.24) is 19.5 Å². The summed E-state index contributed by atoms with van der Waals surface area (Å²) in [5.41, 5.74) is 1.44. The quantitative estimate of drug-likeness (QED) is 0.824. The second-order valence-corrected chi connectivity index (χ2v) is 5.00. The average Bonchev–Trinajstić information content (AvgIpc) is 2.79. The van der Waals surface area contributed by atoms with Crippen LogP contribution in [-0.4, -0.2) is 39.0 Å². The standard InChI is InChI=1S/C13H16N4O/c1-16(7-10-3-2-4-10)13(18)11-5-6-12-15-14-9-17(12)8-11/h5-6,8-10H,2-4,7H2,1H3. The summed E-state index contributed by atoms with van der Waals surface area (Å²) < 4.78 is 1.77. The molecule has 2 aromatic heterocycles. The molecule has 1 aliphatic carbocycles. The Hall–Kier alpha value is -1.91. The fourth-order valence-corrected chi connectivity index (χ4v) is 2.32. The molecule has 1 aliphatic rings. The molecule has 2 aromatic rings. The van der Waals surface area contributed by atoms with E-state index >= 15 is 0 Å². The Morgan fingerprint density at radius 1 is 1.50 bits per heavy atom. The number of nitrogens with zero attached hydrogens (tertiary/aromatic N) is 4. The number of carbonyl (C=O) groups excluding carboxylic acids is 1. The monoisotopic (exact) mass is 244 g/mol. The van der Waals surface area contributed by atoms with Gasteiger partial charge in [-0.05, 0) is 30.9 Å². The van der Waals surface area contributed by atoms with Crippen LogP contribution < -0.4 is 0 Å². The molecule has 0 unspecified atom stereocenters. The van der Waals surface area contributed by atoms with Crippen LogP contribution in [0.5, 0.6) is 0 Å².